The summed E-state index contributed by atoms with van der Waals surface area (Å²) in [5, 5.41) is 0. The van der Waals surface area contributed by atoms with Crippen molar-refractivity contribution in [1.82, 2.24) is 0 Å². The average Bonchev–Trinajstić information content (AvgIpc) is 2.68. The van der Waals surface area contributed by atoms with E-state index in [1.807, 2.05) is 31.2 Å². The summed E-state index contributed by atoms with van der Waals surface area (Å²) in [6.07, 6.45) is 6.79. The van der Waals surface area contributed by atoms with Gasteiger partial charge in [0.05, 0.1) is 6.61 Å². The Kier molecular flexibility index (Phi) is 5.96. The minimum absolute atomic E-state index is 0.641. The van der Waals surface area contributed by atoms with Gasteiger partial charge in [-0.25, -0.2) is 0 Å². The highest BCUT2D eigenvalue weighted by atomic mass is 16.5. The fraction of sp³-hybridized carbons (Fsp3) is 0.333. The van der Waals surface area contributed by atoms with Crippen LogP contribution in [0.1, 0.15) is 55.7 Å². The van der Waals surface area contributed by atoms with Crippen LogP contribution in [0.5, 0.6) is 5.75 Å². The van der Waals surface area contributed by atoms with Crippen molar-refractivity contribution in [2.24, 2.45) is 0 Å². The molecule has 0 aromatic heterocycles. The zero-order valence-electron chi connectivity index (χ0n) is 15.2. The van der Waals surface area contributed by atoms with Crippen molar-refractivity contribution in [3.63, 3.8) is 0 Å². The predicted octanol–water partition coefficient (Wildman–Crippen LogP) is 5.89. The van der Waals surface area contributed by atoms with E-state index in [4.69, 9.17) is 4.74 Å². The van der Waals surface area contributed by atoms with Gasteiger partial charge in [-0.2, -0.15) is 0 Å². The van der Waals surface area contributed by atoms with Gasteiger partial charge in [0.1, 0.15) is 5.75 Å². The number of hydrogen-bond acceptors (Lipinski definition) is 1. The molecule has 0 amide bonds. The Hall–Kier alpha value is -2.46. The molecule has 0 saturated heterocycles. The molecule has 1 aliphatic carbocycles. The highest BCUT2D eigenvalue weighted by Crippen LogP contribution is 2.32. The third-order valence-electron chi connectivity index (χ3n) is 4.80. The summed E-state index contributed by atoms with van der Waals surface area (Å²) in [6.45, 7) is 4.89. The van der Waals surface area contributed by atoms with Crippen molar-refractivity contribution in [2.75, 3.05) is 6.61 Å². The van der Waals surface area contributed by atoms with Gasteiger partial charge < -0.3 is 4.74 Å². The lowest BCUT2D eigenvalue weighted by Crippen LogP contribution is -2.03. The SMILES string of the molecule is CCOc1ccc(C#CC2=CCC(c3ccc(CC)cc3)CC2)cc1. The van der Waals surface area contributed by atoms with Crippen LogP contribution in [0.3, 0.4) is 0 Å². The molecule has 1 heteroatoms. The van der Waals surface area contributed by atoms with Crippen LogP contribution in [0.4, 0.5) is 0 Å². The first kappa shape index (κ1) is 17.4. The number of ether oxygens (including phenoxy) is 1. The predicted molar refractivity (Wildman–Crippen MR) is 105 cm³/mol. The molecule has 1 nitrogen and oxygen atoms in total. The van der Waals surface area contributed by atoms with Crippen LogP contribution in [-0.4, -0.2) is 6.61 Å². The summed E-state index contributed by atoms with van der Waals surface area (Å²) in [4.78, 5) is 0. The smallest absolute Gasteiger partial charge is 0.119 e. The number of aryl methyl sites for hydroxylation is 1. The highest BCUT2D eigenvalue weighted by Gasteiger charge is 2.15. The second-order valence-corrected chi connectivity index (χ2v) is 6.50. The van der Waals surface area contributed by atoms with E-state index < -0.39 is 0 Å². The molecule has 1 unspecified atom stereocenters. The third kappa shape index (κ3) is 4.77. The van der Waals surface area contributed by atoms with Crippen LogP contribution < -0.4 is 4.74 Å². The zero-order chi connectivity index (χ0) is 17.5. The first-order valence-corrected chi connectivity index (χ1v) is 9.31. The van der Waals surface area contributed by atoms with E-state index in [1.54, 1.807) is 0 Å². The Bertz CT molecular complexity index is 770. The molecule has 128 valence electrons. The standard InChI is InChI=1S/C24H26O/c1-3-19-7-13-22(14-8-19)23-15-9-20(10-16-23)5-6-21-11-17-24(18-12-21)25-4-2/h7-9,11-14,17-18,23H,3-4,10,15-16H2,1-2H3. The van der Waals surface area contributed by atoms with Crippen LogP contribution in [0.2, 0.25) is 0 Å². The third-order valence-corrected chi connectivity index (χ3v) is 4.80. The van der Waals surface area contributed by atoms with Gasteiger partial charge >= 0.3 is 0 Å². The second kappa shape index (κ2) is 8.58. The molecule has 25 heavy (non-hydrogen) atoms. The van der Waals surface area contributed by atoms with Crippen LogP contribution in [0.15, 0.2) is 60.2 Å². The normalized spacial score (nSPS) is 16.6. The molecule has 1 atom stereocenters. The topological polar surface area (TPSA) is 9.23 Å². The Morgan fingerprint density at radius 3 is 2.32 bits per heavy atom. The summed E-state index contributed by atoms with van der Waals surface area (Å²) in [7, 11) is 0. The summed E-state index contributed by atoms with van der Waals surface area (Å²) < 4.78 is 5.46. The van der Waals surface area contributed by atoms with Crippen molar-refractivity contribution in [3.8, 4) is 17.6 Å². The maximum absolute atomic E-state index is 5.46. The van der Waals surface area contributed by atoms with Crippen molar-refractivity contribution in [3.05, 3.63) is 76.9 Å². The maximum Gasteiger partial charge on any atom is 0.119 e. The lowest BCUT2D eigenvalue weighted by Gasteiger charge is -2.20. The Morgan fingerprint density at radius 1 is 0.960 bits per heavy atom. The monoisotopic (exact) mass is 330 g/mol. The van der Waals surface area contributed by atoms with Crippen LogP contribution in [0.25, 0.3) is 0 Å². The summed E-state index contributed by atoms with van der Waals surface area (Å²) >= 11 is 0. The van der Waals surface area contributed by atoms with Gasteiger partial charge in [-0.05, 0) is 79.5 Å². The average molecular weight is 330 g/mol. The number of hydrogen-bond donors (Lipinski definition) is 0. The van der Waals surface area contributed by atoms with Crippen molar-refractivity contribution in [1.29, 1.82) is 0 Å². The molecular weight excluding hydrogens is 304 g/mol. The van der Waals surface area contributed by atoms with E-state index in [1.165, 1.54) is 23.1 Å². The second-order valence-electron chi connectivity index (χ2n) is 6.50. The summed E-state index contributed by atoms with van der Waals surface area (Å²) in [5.41, 5.74) is 5.20. The van der Waals surface area contributed by atoms with Crippen LogP contribution >= 0.6 is 0 Å². The van der Waals surface area contributed by atoms with Gasteiger partial charge in [0.15, 0.2) is 0 Å². The molecule has 0 aliphatic heterocycles. The zero-order valence-corrected chi connectivity index (χ0v) is 15.2. The molecule has 2 aromatic rings. The van der Waals surface area contributed by atoms with E-state index in [-0.39, 0.29) is 0 Å². The molecule has 0 spiro atoms. The van der Waals surface area contributed by atoms with Gasteiger partial charge in [-0.1, -0.05) is 49.1 Å². The Balaban J connectivity index is 1.61. The minimum atomic E-state index is 0.641. The number of allylic oxidation sites excluding steroid dienone is 2. The largest absolute Gasteiger partial charge is 0.494 e. The van der Waals surface area contributed by atoms with E-state index in [2.05, 4.69) is 49.1 Å². The minimum Gasteiger partial charge on any atom is -0.494 e. The summed E-state index contributed by atoms with van der Waals surface area (Å²) in [6, 6.07) is 17.2. The van der Waals surface area contributed by atoms with Gasteiger partial charge in [0, 0.05) is 5.56 Å². The number of benzene rings is 2. The molecule has 2 aromatic carbocycles. The first-order valence-electron chi connectivity index (χ1n) is 9.31. The maximum atomic E-state index is 5.46. The first-order chi connectivity index (χ1) is 12.3. The Morgan fingerprint density at radius 2 is 1.72 bits per heavy atom. The molecule has 0 heterocycles. The van der Waals surface area contributed by atoms with Gasteiger partial charge in [0.25, 0.3) is 0 Å². The quantitative estimate of drug-likeness (QED) is 0.635. The van der Waals surface area contributed by atoms with E-state index in [0.717, 1.165) is 30.6 Å². The molecule has 0 radical (unpaired) electrons. The van der Waals surface area contributed by atoms with Gasteiger partial charge in [-0.3, -0.25) is 0 Å². The van der Waals surface area contributed by atoms with Gasteiger partial charge in [-0.15, -0.1) is 0 Å². The highest BCUT2D eigenvalue weighted by molar-refractivity contribution is 5.43. The fourth-order valence-electron chi connectivity index (χ4n) is 3.23. The lowest BCUT2D eigenvalue weighted by atomic mass is 9.84. The van der Waals surface area contributed by atoms with Crippen LogP contribution in [0, 0.1) is 11.8 Å². The van der Waals surface area contributed by atoms with Crippen LogP contribution in [-0.2, 0) is 6.42 Å². The lowest BCUT2D eigenvalue weighted by molar-refractivity contribution is 0.340. The Labute approximate surface area is 151 Å². The molecule has 1 aliphatic rings. The fourth-order valence-corrected chi connectivity index (χ4v) is 3.23. The number of rotatable bonds is 4. The molecule has 3 rings (SSSR count). The molecule has 0 saturated carbocycles. The van der Waals surface area contributed by atoms with Gasteiger partial charge in [0.2, 0.25) is 0 Å². The van der Waals surface area contributed by atoms with E-state index in [9.17, 15) is 0 Å². The van der Waals surface area contributed by atoms with Crippen molar-refractivity contribution >= 4 is 0 Å². The summed E-state index contributed by atoms with van der Waals surface area (Å²) in [5.74, 6) is 8.17. The van der Waals surface area contributed by atoms with Crippen molar-refractivity contribution in [2.45, 2.75) is 45.4 Å². The van der Waals surface area contributed by atoms with Crippen molar-refractivity contribution < 1.29 is 4.74 Å². The molecule has 0 N–H and O–H groups in total. The van der Waals surface area contributed by atoms with E-state index >= 15 is 0 Å². The molecule has 0 fully saturated rings. The molecule has 0 bridgehead atoms. The molecular formula is C24H26O. The van der Waals surface area contributed by atoms with E-state index in [0.29, 0.717) is 12.5 Å².